The molecule has 0 spiro atoms. The van der Waals surface area contributed by atoms with Crippen LogP contribution in [0.3, 0.4) is 0 Å². The minimum Gasteiger partial charge on any atom is -0.457 e. The minimum atomic E-state index is -0.543. The summed E-state index contributed by atoms with van der Waals surface area (Å²) in [6.45, 7) is 5.20. The Balaban J connectivity index is 3.54. The van der Waals surface area contributed by atoms with Crippen LogP contribution in [0, 0.1) is 0 Å². The van der Waals surface area contributed by atoms with E-state index in [4.69, 9.17) is 9.47 Å². The number of hydrogen-bond donors (Lipinski definition) is 1. The van der Waals surface area contributed by atoms with Crippen LogP contribution in [-0.4, -0.2) is 37.0 Å². The molecule has 0 heterocycles. The largest absolute Gasteiger partial charge is 0.457 e. The average Bonchev–Trinajstić information content (AvgIpc) is 3.03. The van der Waals surface area contributed by atoms with E-state index in [1.807, 2.05) is 0 Å². The van der Waals surface area contributed by atoms with Crippen LogP contribution >= 0.6 is 0 Å². The maximum atomic E-state index is 12.1. The molecular weight excluding hydrogens is 544 g/mol. The number of esters is 1. The lowest BCUT2D eigenvalue weighted by Gasteiger charge is -2.15. The van der Waals surface area contributed by atoms with Gasteiger partial charge in [0.15, 0.2) is 0 Å². The fourth-order valence-electron chi connectivity index (χ4n) is 4.88. The zero-order valence-electron chi connectivity index (χ0n) is 28.9. The molecule has 254 valence electrons. The second-order valence-electron chi connectivity index (χ2n) is 11.9. The van der Waals surface area contributed by atoms with E-state index in [1.165, 1.54) is 77.0 Å². The molecular formula is C40H70O4. The van der Waals surface area contributed by atoms with E-state index in [9.17, 15) is 9.90 Å². The molecule has 0 aliphatic rings. The molecule has 0 saturated carbocycles. The van der Waals surface area contributed by atoms with E-state index in [1.54, 1.807) is 0 Å². The molecule has 0 saturated heterocycles. The van der Waals surface area contributed by atoms with E-state index in [0.717, 1.165) is 64.2 Å². The summed E-state index contributed by atoms with van der Waals surface area (Å²) in [5, 5.41) is 9.54. The van der Waals surface area contributed by atoms with Gasteiger partial charge in [-0.1, -0.05) is 158 Å². The summed E-state index contributed by atoms with van der Waals surface area (Å²) in [5.74, 6) is -0.221. The highest BCUT2D eigenvalue weighted by molar-refractivity contribution is 5.69. The van der Waals surface area contributed by atoms with Gasteiger partial charge in [-0.25, -0.2) is 0 Å². The van der Waals surface area contributed by atoms with Gasteiger partial charge in [0, 0.05) is 13.0 Å². The van der Waals surface area contributed by atoms with Gasteiger partial charge in [-0.3, -0.25) is 4.79 Å². The minimum absolute atomic E-state index is 0.181. The van der Waals surface area contributed by atoms with E-state index in [2.05, 4.69) is 74.6 Å². The monoisotopic (exact) mass is 615 g/mol. The highest BCUT2D eigenvalue weighted by Crippen LogP contribution is 2.12. The summed E-state index contributed by atoms with van der Waals surface area (Å²) in [4.78, 5) is 12.1. The molecule has 0 rings (SSSR count). The molecule has 4 nitrogen and oxygen atoms in total. The van der Waals surface area contributed by atoms with Crippen molar-refractivity contribution >= 4 is 5.97 Å². The molecule has 1 unspecified atom stereocenters. The molecule has 44 heavy (non-hydrogen) atoms. The number of rotatable bonds is 33. The molecule has 0 fully saturated rings. The third-order valence-corrected chi connectivity index (χ3v) is 7.61. The van der Waals surface area contributed by atoms with Crippen LogP contribution in [0.1, 0.15) is 162 Å². The van der Waals surface area contributed by atoms with Crippen molar-refractivity contribution in [3.8, 4) is 0 Å². The van der Waals surface area contributed by atoms with Gasteiger partial charge in [-0.15, -0.1) is 0 Å². The third-order valence-electron chi connectivity index (χ3n) is 7.61. The summed E-state index contributed by atoms with van der Waals surface area (Å²) in [6, 6.07) is 0. The highest BCUT2D eigenvalue weighted by Gasteiger charge is 2.13. The van der Waals surface area contributed by atoms with E-state index < -0.39 is 6.10 Å². The molecule has 0 aromatic heterocycles. The Labute approximate surface area is 273 Å². The van der Waals surface area contributed by atoms with Crippen molar-refractivity contribution in [1.82, 2.24) is 0 Å². The first-order chi connectivity index (χ1) is 21.7. The standard InChI is InChI=1S/C40H70O4/c1-3-5-7-9-11-13-15-16-17-18-19-20-21-22-23-24-25-27-29-31-33-35-40(42)44-39(37-41)38-43-36-34-32-30-28-26-14-12-10-8-6-4-2/h5,7,11,13,16-17,19-20,22-23,39,41H,3-4,6,8-10,12,14-15,18,21,24-38H2,1-2H3/b7-5-,13-11-,17-16-,20-19-,23-22-. The summed E-state index contributed by atoms with van der Waals surface area (Å²) in [5.41, 5.74) is 0. The number of allylic oxidation sites excluding steroid dienone is 10. The first-order valence-electron chi connectivity index (χ1n) is 18.4. The maximum absolute atomic E-state index is 12.1. The first-order valence-corrected chi connectivity index (χ1v) is 18.4. The van der Waals surface area contributed by atoms with Gasteiger partial charge in [-0.2, -0.15) is 0 Å². The van der Waals surface area contributed by atoms with E-state index in [0.29, 0.717) is 13.0 Å². The van der Waals surface area contributed by atoms with E-state index in [-0.39, 0.29) is 19.2 Å². The number of ether oxygens (including phenoxy) is 2. The molecule has 0 bridgehead atoms. The molecule has 0 aliphatic heterocycles. The Bertz CT molecular complexity index is 734. The van der Waals surface area contributed by atoms with Gasteiger partial charge in [0.05, 0.1) is 13.2 Å². The van der Waals surface area contributed by atoms with Crippen molar-refractivity contribution in [3.63, 3.8) is 0 Å². The van der Waals surface area contributed by atoms with E-state index >= 15 is 0 Å². The summed E-state index contributed by atoms with van der Waals surface area (Å²) >= 11 is 0. The van der Waals surface area contributed by atoms with Gasteiger partial charge in [0.1, 0.15) is 6.10 Å². The van der Waals surface area contributed by atoms with Gasteiger partial charge in [0.25, 0.3) is 0 Å². The second-order valence-corrected chi connectivity index (χ2v) is 11.9. The zero-order chi connectivity index (χ0) is 32.0. The number of aliphatic hydroxyl groups excluding tert-OH is 1. The average molecular weight is 615 g/mol. The lowest BCUT2D eigenvalue weighted by Crippen LogP contribution is -2.27. The SMILES string of the molecule is CC/C=C\C/C=C\C/C=C\C/C=C\C/C=C\CCCCCCCC(=O)OC(CO)COCCCCCCCCCCCCC. The van der Waals surface area contributed by atoms with Crippen molar-refractivity contribution in [2.24, 2.45) is 0 Å². The number of hydrogen-bond acceptors (Lipinski definition) is 4. The Morgan fingerprint density at radius 1 is 0.568 bits per heavy atom. The topological polar surface area (TPSA) is 55.8 Å². The van der Waals surface area contributed by atoms with Gasteiger partial charge in [0.2, 0.25) is 0 Å². The molecule has 0 amide bonds. The van der Waals surface area contributed by atoms with Crippen LogP contribution in [0.5, 0.6) is 0 Å². The fourth-order valence-corrected chi connectivity index (χ4v) is 4.88. The Hall–Kier alpha value is -1.91. The maximum Gasteiger partial charge on any atom is 0.306 e. The Morgan fingerprint density at radius 2 is 1.02 bits per heavy atom. The second kappa shape index (κ2) is 37.3. The van der Waals surface area contributed by atoms with Crippen LogP contribution < -0.4 is 0 Å². The number of carbonyl (C=O) groups excluding carboxylic acids is 1. The molecule has 1 N–H and O–H groups in total. The van der Waals surface area contributed by atoms with Gasteiger partial charge >= 0.3 is 5.97 Å². The molecule has 0 aromatic carbocycles. The lowest BCUT2D eigenvalue weighted by molar-refractivity contribution is -0.154. The molecule has 4 heteroatoms. The first kappa shape index (κ1) is 42.1. The Kier molecular flexibility index (Phi) is 35.7. The quantitative estimate of drug-likeness (QED) is 0.0454. The summed E-state index contributed by atoms with van der Waals surface area (Å²) in [6.07, 6.45) is 48.3. The zero-order valence-corrected chi connectivity index (χ0v) is 28.9. The fraction of sp³-hybridized carbons (Fsp3) is 0.725. The van der Waals surface area contributed by atoms with Crippen LogP contribution in [0.2, 0.25) is 0 Å². The van der Waals surface area contributed by atoms with Crippen molar-refractivity contribution in [2.45, 2.75) is 168 Å². The molecule has 0 aromatic rings. The van der Waals surface area contributed by atoms with Crippen LogP contribution in [0.15, 0.2) is 60.8 Å². The lowest BCUT2D eigenvalue weighted by atomic mass is 10.1. The van der Waals surface area contributed by atoms with Crippen molar-refractivity contribution in [3.05, 3.63) is 60.8 Å². The third kappa shape index (κ3) is 34.6. The summed E-state index contributed by atoms with van der Waals surface area (Å²) < 4.78 is 11.1. The molecule has 0 radical (unpaired) electrons. The van der Waals surface area contributed by atoms with Crippen molar-refractivity contribution in [2.75, 3.05) is 19.8 Å². The van der Waals surface area contributed by atoms with Crippen LogP contribution in [0.25, 0.3) is 0 Å². The predicted molar refractivity (Wildman–Crippen MR) is 191 cm³/mol. The van der Waals surface area contributed by atoms with Crippen molar-refractivity contribution in [1.29, 1.82) is 0 Å². The van der Waals surface area contributed by atoms with Crippen LogP contribution in [-0.2, 0) is 14.3 Å². The molecule has 0 aliphatic carbocycles. The predicted octanol–water partition coefficient (Wildman–Crippen LogP) is 11.7. The number of carbonyl (C=O) groups is 1. The summed E-state index contributed by atoms with van der Waals surface area (Å²) in [7, 11) is 0. The number of aliphatic hydroxyl groups is 1. The van der Waals surface area contributed by atoms with Crippen LogP contribution in [0.4, 0.5) is 0 Å². The van der Waals surface area contributed by atoms with Gasteiger partial charge < -0.3 is 14.6 Å². The van der Waals surface area contributed by atoms with Crippen molar-refractivity contribution < 1.29 is 19.4 Å². The smallest absolute Gasteiger partial charge is 0.306 e. The highest BCUT2D eigenvalue weighted by atomic mass is 16.6. The Morgan fingerprint density at radius 3 is 1.55 bits per heavy atom. The normalized spacial score (nSPS) is 13.1. The molecule has 1 atom stereocenters. The number of unbranched alkanes of at least 4 members (excludes halogenated alkanes) is 15. The van der Waals surface area contributed by atoms with Gasteiger partial charge in [-0.05, 0) is 57.8 Å².